The molecule has 0 amide bonds. The summed E-state index contributed by atoms with van der Waals surface area (Å²) >= 11 is 0. The molecule has 1 saturated heterocycles. The van der Waals surface area contributed by atoms with Crippen LogP contribution >= 0.6 is 0 Å². The van der Waals surface area contributed by atoms with Gasteiger partial charge in [-0.15, -0.1) is 0 Å². The second-order valence-electron chi connectivity index (χ2n) is 6.91. The zero-order chi connectivity index (χ0) is 12.3. The molecular weight excluding hydrogens is 208 g/mol. The van der Waals surface area contributed by atoms with Gasteiger partial charge in [0.1, 0.15) is 0 Å². The van der Waals surface area contributed by atoms with Crippen molar-refractivity contribution in [2.24, 2.45) is 11.3 Å². The molecule has 0 aromatic carbocycles. The van der Waals surface area contributed by atoms with Gasteiger partial charge in [-0.1, -0.05) is 33.6 Å². The molecule has 1 unspecified atom stereocenters. The lowest BCUT2D eigenvalue weighted by Crippen LogP contribution is -2.44. The molecule has 100 valence electrons. The van der Waals surface area contributed by atoms with E-state index in [-0.39, 0.29) is 0 Å². The molecule has 1 heterocycles. The molecule has 2 heteroatoms. The molecule has 0 aromatic heterocycles. The van der Waals surface area contributed by atoms with E-state index in [1.165, 1.54) is 58.3 Å². The summed E-state index contributed by atoms with van der Waals surface area (Å²) in [5, 5.41) is 3.71. The summed E-state index contributed by atoms with van der Waals surface area (Å²) in [7, 11) is 0. The maximum Gasteiger partial charge on any atom is 0.0217 e. The normalized spacial score (nSPS) is 30.7. The molecule has 1 aliphatic heterocycles. The highest BCUT2D eigenvalue weighted by Crippen LogP contribution is 2.38. The highest BCUT2D eigenvalue weighted by Gasteiger charge is 2.32. The molecule has 17 heavy (non-hydrogen) atoms. The van der Waals surface area contributed by atoms with E-state index in [9.17, 15) is 0 Å². The Morgan fingerprint density at radius 3 is 2.59 bits per heavy atom. The van der Waals surface area contributed by atoms with E-state index in [1.807, 2.05) is 0 Å². The van der Waals surface area contributed by atoms with Gasteiger partial charge >= 0.3 is 0 Å². The van der Waals surface area contributed by atoms with Crippen LogP contribution in [0, 0.1) is 11.3 Å². The first-order valence-electron chi connectivity index (χ1n) is 7.55. The first kappa shape index (κ1) is 13.4. The van der Waals surface area contributed by atoms with Gasteiger partial charge in [0.05, 0.1) is 0 Å². The zero-order valence-corrected chi connectivity index (χ0v) is 12.0. The van der Waals surface area contributed by atoms with Crippen LogP contribution in [0.5, 0.6) is 0 Å². The van der Waals surface area contributed by atoms with Gasteiger partial charge in [0.15, 0.2) is 0 Å². The minimum Gasteiger partial charge on any atom is -0.312 e. The molecule has 1 N–H and O–H groups in total. The van der Waals surface area contributed by atoms with Crippen LogP contribution in [0.25, 0.3) is 0 Å². The van der Waals surface area contributed by atoms with Gasteiger partial charge in [-0.05, 0) is 43.7 Å². The largest absolute Gasteiger partial charge is 0.312 e. The molecule has 1 atom stereocenters. The van der Waals surface area contributed by atoms with Crippen LogP contribution in [0.15, 0.2) is 0 Å². The Bertz CT molecular complexity index is 231. The number of nitrogens with zero attached hydrogens (tertiary/aromatic N) is 1. The van der Waals surface area contributed by atoms with Gasteiger partial charge < -0.3 is 10.2 Å². The fourth-order valence-electron chi connectivity index (χ4n) is 3.54. The molecule has 2 aliphatic rings. The van der Waals surface area contributed by atoms with E-state index in [1.54, 1.807) is 0 Å². The molecule has 1 aliphatic carbocycles. The minimum absolute atomic E-state index is 0.617. The first-order valence-corrected chi connectivity index (χ1v) is 7.55. The van der Waals surface area contributed by atoms with Crippen molar-refractivity contribution in [1.82, 2.24) is 10.2 Å². The Balaban J connectivity index is 1.90. The van der Waals surface area contributed by atoms with Gasteiger partial charge in [-0.25, -0.2) is 0 Å². The Hall–Kier alpha value is -0.0800. The Kier molecular flexibility index (Phi) is 4.48. The second kappa shape index (κ2) is 5.71. The van der Waals surface area contributed by atoms with Crippen LogP contribution in [0.3, 0.4) is 0 Å². The van der Waals surface area contributed by atoms with Crippen molar-refractivity contribution < 1.29 is 0 Å². The molecule has 0 aromatic rings. The van der Waals surface area contributed by atoms with Crippen LogP contribution in [-0.4, -0.2) is 37.1 Å². The third kappa shape index (κ3) is 3.69. The average molecular weight is 238 g/mol. The summed E-state index contributed by atoms with van der Waals surface area (Å²) in [6.07, 6.45) is 7.12. The summed E-state index contributed by atoms with van der Waals surface area (Å²) in [5.74, 6) is 0.756. The Morgan fingerprint density at radius 1 is 1.24 bits per heavy atom. The standard InChI is InChI=1S/C15H30N2/c1-13(2)14-11-17(10-6-9-16-14)12-15(3)7-4-5-8-15/h13-14,16H,4-12H2,1-3H3. The molecule has 0 bridgehead atoms. The van der Waals surface area contributed by atoms with Crippen molar-refractivity contribution in [3.8, 4) is 0 Å². The van der Waals surface area contributed by atoms with Crippen molar-refractivity contribution >= 4 is 0 Å². The SMILES string of the molecule is CC(C)C1CN(CC2(C)CCCC2)CCCN1. The highest BCUT2D eigenvalue weighted by molar-refractivity contribution is 4.86. The highest BCUT2D eigenvalue weighted by atomic mass is 15.2. The zero-order valence-electron chi connectivity index (χ0n) is 12.0. The summed E-state index contributed by atoms with van der Waals surface area (Å²) in [5.41, 5.74) is 0.617. The molecule has 0 radical (unpaired) electrons. The predicted octanol–water partition coefficient (Wildman–Crippen LogP) is 2.89. The molecule has 2 nitrogen and oxygen atoms in total. The monoisotopic (exact) mass is 238 g/mol. The maximum absolute atomic E-state index is 3.71. The average Bonchev–Trinajstić information content (AvgIpc) is 2.55. The Morgan fingerprint density at radius 2 is 1.94 bits per heavy atom. The van der Waals surface area contributed by atoms with Crippen LogP contribution in [0.2, 0.25) is 0 Å². The van der Waals surface area contributed by atoms with E-state index in [2.05, 4.69) is 31.0 Å². The second-order valence-corrected chi connectivity index (χ2v) is 6.91. The van der Waals surface area contributed by atoms with E-state index in [4.69, 9.17) is 0 Å². The van der Waals surface area contributed by atoms with E-state index in [0.717, 1.165) is 5.92 Å². The fourth-order valence-corrected chi connectivity index (χ4v) is 3.54. The summed E-state index contributed by atoms with van der Waals surface area (Å²) < 4.78 is 0. The van der Waals surface area contributed by atoms with Crippen molar-refractivity contribution in [3.05, 3.63) is 0 Å². The molecular formula is C15H30N2. The van der Waals surface area contributed by atoms with Crippen LogP contribution in [0.4, 0.5) is 0 Å². The molecule has 2 rings (SSSR count). The van der Waals surface area contributed by atoms with Gasteiger partial charge in [0.25, 0.3) is 0 Å². The van der Waals surface area contributed by atoms with Crippen LogP contribution < -0.4 is 5.32 Å². The topological polar surface area (TPSA) is 15.3 Å². The smallest absolute Gasteiger partial charge is 0.0217 e. The van der Waals surface area contributed by atoms with Gasteiger partial charge in [0, 0.05) is 19.1 Å². The van der Waals surface area contributed by atoms with Gasteiger partial charge in [-0.3, -0.25) is 0 Å². The van der Waals surface area contributed by atoms with Crippen molar-refractivity contribution in [2.45, 2.75) is 58.9 Å². The third-order valence-corrected chi connectivity index (χ3v) is 4.73. The van der Waals surface area contributed by atoms with Crippen molar-refractivity contribution in [3.63, 3.8) is 0 Å². The minimum atomic E-state index is 0.617. The lowest BCUT2D eigenvalue weighted by Gasteiger charge is -2.34. The van der Waals surface area contributed by atoms with E-state index in [0.29, 0.717) is 11.5 Å². The van der Waals surface area contributed by atoms with Crippen LogP contribution in [-0.2, 0) is 0 Å². The first-order chi connectivity index (χ1) is 8.09. The lowest BCUT2D eigenvalue weighted by atomic mass is 9.88. The maximum atomic E-state index is 3.71. The Labute approximate surface area is 107 Å². The molecule has 1 saturated carbocycles. The van der Waals surface area contributed by atoms with Crippen molar-refractivity contribution in [1.29, 1.82) is 0 Å². The van der Waals surface area contributed by atoms with Crippen LogP contribution in [0.1, 0.15) is 52.9 Å². The predicted molar refractivity (Wildman–Crippen MR) is 74.3 cm³/mol. The quantitative estimate of drug-likeness (QED) is 0.813. The number of hydrogen-bond donors (Lipinski definition) is 1. The number of rotatable bonds is 3. The molecule has 0 spiro atoms. The number of nitrogens with one attached hydrogen (secondary N) is 1. The van der Waals surface area contributed by atoms with Gasteiger partial charge in [0.2, 0.25) is 0 Å². The van der Waals surface area contributed by atoms with E-state index >= 15 is 0 Å². The summed E-state index contributed by atoms with van der Waals surface area (Å²) in [6.45, 7) is 12.3. The van der Waals surface area contributed by atoms with Gasteiger partial charge in [-0.2, -0.15) is 0 Å². The fraction of sp³-hybridized carbons (Fsp3) is 1.00. The lowest BCUT2D eigenvalue weighted by molar-refractivity contribution is 0.157. The molecule has 2 fully saturated rings. The third-order valence-electron chi connectivity index (χ3n) is 4.73. The van der Waals surface area contributed by atoms with Crippen molar-refractivity contribution in [2.75, 3.05) is 26.2 Å². The summed E-state index contributed by atoms with van der Waals surface area (Å²) in [6, 6.07) is 0.697. The van der Waals surface area contributed by atoms with E-state index < -0.39 is 0 Å². The summed E-state index contributed by atoms with van der Waals surface area (Å²) in [4.78, 5) is 2.73. The number of hydrogen-bond acceptors (Lipinski definition) is 2.